The summed E-state index contributed by atoms with van der Waals surface area (Å²) in [5.41, 5.74) is 0. The van der Waals surface area contributed by atoms with Gasteiger partial charge < -0.3 is 19.5 Å². The van der Waals surface area contributed by atoms with Crippen molar-refractivity contribution in [2.24, 2.45) is 10.9 Å². The third kappa shape index (κ3) is 4.26. The van der Waals surface area contributed by atoms with Gasteiger partial charge >= 0.3 is 0 Å². The molecule has 0 aromatic carbocycles. The van der Waals surface area contributed by atoms with E-state index in [9.17, 15) is 4.79 Å². The molecular formula is C16H26N4O2. The Labute approximate surface area is 132 Å². The SMILES string of the molecule is CCNC(=NCC(C)C)N1CCN(C(=O)c2ccco2)CC1. The van der Waals surface area contributed by atoms with Gasteiger partial charge in [0.05, 0.1) is 6.26 Å². The maximum Gasteiger partial charge on any atom is 0.289 e. The number of carbonyl (C=O) groups excluding carboxylic acids is 1. The van der Waals surface area contributed by atoms with Crippen LogP contribution in [-0.4, -0.2) is 60.9 Å². The first-order chi connectivity index (χ1) is 10.6. The minimum absolute atomic E-state index is 0.0335. The molecule has 1 saturated heterocycles. The zero-order valence-electron chi connectivity index (χ0n) is 13.7. The van der Waals surface area contributed by atoms with E-state index in [4.69, 9.17) is 4.42 Å². The van der Waals surface area contributed by atoms with Gasteiger partial charge in [-0.3, -0.25) is 9.79 Å². The Bertz CT molecular complexity index is 488. The molecule has 1 aliphatic rings. The van der Waals surface area contributed by atoms with E-state index in [0.29, 0.717) is 24.8 Å². The largest absolute Gasteiger partial charge is 0.459 e. The van der Waals surface area contributed by atoms with Gasteiger partial charge in [0, 0.05) is 39.3 Å². The van der Waals surface area contributed by atoms with Gasteiger partial charge in [-0.05, 0) is 25.0 Å². The molecule has 0 spiro atoms. The highest BCUT2D eigenvalue weighted by atomic mass is 16.3. The molecule has 1 aromatic rings. The number of furan rings is 1. The fourth-order valence-corrected chi connectivity index (χ4v) is 2.37. The smallest absolute Gasteiger partial charge is 0.289 e. The minimum Gasteiger partial charge on any atom is -0.459 e. The molecule has 0 bridgehead atoms. The van der Waals surface area contributed by atoms with Crippen LogP contribution in [0.2, 0.25) is 0 Å². The number of hydrogen-bond acceptors (Lipinski definition) is 3. The van der Waals surface area contributed by atoms with Crippen LogP contribution in [0.4, 0.5) is 0 Å². The molecule has 0 unspecified atom stereocenters. The van der Waals surface area contributed by atoms with Crippen LogP contribution in [-0.2, 0) is 0 Å². The Morgan fingerprint density at radius 2 is 2.00 bits per heavy atom. The Kier molecular flexibility index (Phi) is 5.86. The van der Waals surface area contributed by atoms with Crippen molar-refractivity contribution in [1.82, 2.24) is 15.1 Å². The lowest BCUT2D eigenvalue weighted by Crippen LogP contribution is -2.53. The number of rotatable bonds is 4. The van der Waals surface area contributed by atoms with Gasteiger partial charge in [0.2, 0.25) is 0 Å². The van der Waals surface area contributed by atoms with E-state index in [1.165, 1.54) is 6.26 Å². The zero-order valence-corrected chi connectivity index (χ0v) is 13.7. The van der Waals surface area contributed by atoms with Crippen LogP contribution < -0.4 is 5.32 Å². The third-order valence-electron chi connectivity index (χ3n) is 3.54. The Balaban J connectivity index is 1.92. The summed E-state index contributed by atoms with van der Waals surface area (Å²) in [5.74, 6) is 1.86. The van der Waals surface area contributed by atoms with Crippen molar-refractivity contribution in [2.75, 3.05) is 39.3 Å². The summed E-state index contributed by atoms with van der Waals surface area (Å²) >= 11 is 0. The van der Waals surface area contributed by atoms with E-state index < -0.39 is 0 Å². The summed E-state index contributed by atoms with van der Waals surface area (Å²) < 4.78 is 5.19. The van der Waals surface area contributed by atoms with E-state index in [-0.39, 0.29) is 5.91 Å². The van der Waals surface area contributed by atoms with Gasteiger partial charge in [0.1, 0.15) is 0 Å². The Morgan fingerprint density at radius 3 is 2.55 bits per heavy atom. The highest BCUT2D eigenvalue weighted by Gasteiger charge is 2.25. The predicted octanol–water partition coefficient (Wildman–Crippen LogP) is 1.66. The fraction of sp³-hybridized carbons (Fsp3) is 0.625. The molecule has 0 saturated carbocycles. The average molecular weight is 306 g/mol. The second kappa shape index (κ2) is 7.87. The highest BCUT2D eigenvalue weighted by Crippen LogP contribution is 2.09. The van der Waals surface area contributed by atoms with Crippen LogP contribution in [0.25, 0.3) is 0 Å². The van der Waals surface area contributed by atoms with Crippen molar-refractivity contribution in [3.8, 4) is 0 Å². The van der Waals surface area contributed by atoms with Gasteiger partial charge in [0.25, 0.3) is 5.91 Å². The normalized spacial score (nSPS) is 16.3. The fourth-order valence-electron chi connectivity index (χ4n) is 2.37. The van der Waals surface area contributed by atoms with Gasteiger partial charge in [-0.1, -0.05) is 13.8 Å². The number of nitrogens with zero attached hydrogens (tertiary/aromatic N) is 3. The van der Waals surface area contributed by atoms with Crippen molar-refractivity contribution in [3.63, 3.8) is 0 Å². The molecule has 122 valence electrons. The number of nitrogens with one attached hydrogen (secondary N) is 1. The van der Waals surface area contributed by atoms with E-state index in [1.807, 2.05) is 4.90 Å². The molecule has 1 N–H and O–H groups in total. The van der Waals surface area contributed by atoms with Crippen LogP contribution in [0.5, 0.6) is 0 Å². The van der Waals surface area contributed by atoms with Crippen molar-refractivity contribution in [1.29, 1.82) is 0 Å². The van der Waals surface area contributed by atoms with Crippen LogP contribution in [0.1, 0.15) is 31.3 Å². The van der Waals surface area contributed by atoms with Crippen molar-refractivity contribution in [2.45, 2.75) is 20.8 Å². The zero-order chi connectivity index (χ0) is 15.9. The molecule has 1 aliphatic heterocycles. The van der Waals surface area contributed by atoms with Crippen molar-refractivity contribution in [3.05, 3.63) is 24.2 Å². The second-order valence-electron chi connectivity index (χ2n) is 5.85. The molecule has 2 heterocycles. The van der Waals surface area contributed by atoms with Gasteiger partial charge in [-0.15, -0.1) is 0 Å². The van der Waals surface area contributed by atoms with Crippen LogP contribution in [0.3, 0.4) is 0 Å². The molecule has 2 rings (SSSR count). The molecule has 0 aliphatic carbocycles. The number of aliphatic imine (C=N–C) groups is 1. The molecule has 1 fully saturated rings. The lowest BCUT2D eigenvalue weighted by atomic mass is 10.2. The highest BCUT2D eigenvalue weighted by molar-refractivity contribution is 5.91. The summed E-state index contributed by atoms with van der Waals surface area (Å²) in [7, 11) is 0. The number of amides is 1. The van der Waals surface area contributed by atoms with E-state index in [0.717, 1.165) is 32.1 Å². The van der Waals surface area contributed by atoms with E-state index in [1.54, 1.807) is 12.1 Å². The first-order valence-electron chi connectivity index (χ1n) is 7.97. The summed E-state index contributed by atoms with van der Waals surface area (Å²) in [6.45, 7) is 11.0. The molecule has 1 aromatic heterocycles. The first-order valence-corrected chi connectivity index (χ1v) is 7.97. The monoisotopic (exact) mass is 306 g/mol. The topological polar surface area (TPSA) is 61.1 Å². The Hall–Kier alpha value is -1.98. The van der Waals surface area contributed by atoms with E-state index in [2.05, 4.69) is 36.0 Å². The number of carbonyl (C=O) groups is 1. The summed E-state index contributed by atoms with van der Waals surface area (Å²) in [5, 5.41) is 3.33. The van der Waals surface area contributed by atoms with Crippen LogP contribution >= 0.6 is 0 Å². The molecule has 22 heavy (non-hydrogen) atoms. The van der Waals surface area contributed by atoms with Gasteiger partial charge in [0.15, 0.2) is 11.7 Å². The Morgan fingerprint density at radius 1 is 1.32 bits per heavy atom. The third-order valence-corrected chi connectivity index (χ3v) is 3.54. The standard InChI is InChI=1S/C16H26N4O2/c1-4-17-16(18-12-13(2)3)20-9-7-19(8-10-20)15(21)14-6-5-11-22-14/h5-6,11,13H,4,7-10,12H2,1-3H3,(H,17,18). The predicted molar refractivity (Wildman–Crippen MR) is 87.0 cm³/mol. The van der Waals surface area contributed by atoms with Gasteiger partial charge in [-0.25, -0.2) is 0 Å². The molecule has 0 atom stereocenters. The van der Waals surface area contributed by atoms with Gasteiger partial charge in [-0.2, -0.15) is 0 Å². The molecule has 6 nitrogen and oxygen atoms in total. The lowest BCUT2D eigenvalue weighted by molar-refractivity contribution is 0.0657. The maximum atomic E-state index is 12.2. The van der Waals surface area contributed by atoms with E-state index >= 15 is 0 Å². The maximum absolute atomic E-state index is 12.2. The number of guanidine groups is 1. The lowest BCUT2D eigenvalue weighted by Gasteiger charge is -2.36. The summed E-state index contributed by atoms with van der Waals surface area (Å²) in [4.78, 5) is 21.0. The van der Waals surface area contributed by atoms with Crippen LogP contribution in [0.15, 0.2) is 27.8 Å². The molecule has 6 heteroatoms. The molecular weight excluding hydrogens is 280 g/mol. The quantitative estimate of drug-likeness (QED) is 0.679. The average Bonchev–Trinajstić information content (AvgIpc) is 3.05. The minimum atomic E-state index is -0.0335. The number of hydrogen-bond donors (Lipinski definition) is 1. The summed E-state index contributed by atoms with van der Waals surface area (Å²) in [6.07, 6.45) is 1.53. The molecule has 0 radical (unpaired) electrons. The van der Waals surface area contributed by atoms with Crippen molar-refractivity contribution >= 4 is 11.9 Å². The van der Waals surface area contributed by atoms with Crippen molar-refractivity contribution < 1.29 is 9.21 Å². The summed E-state index contributed by atoms with van der Waals surface area (Å²) in [6, 6.07) is 3.45. The molecule has 1 amide bonds. The second-order valence-corrected chi connectivity index (χ2v) is 5.85. The van der Waals surface area contributed by atoms with Crippen LogP contribution in [0, 0.1) is 5.92 Å². The number of piperazine rings is 1. The first kappa shape index (κ1) is 16.4.